The normalized spacial score (nSPS) is 12.4. The first-order valence-corrected chi connectivity index (χ1v) is 7.61. The molecule has 0 radical (unpaired) electrons. The molecule has 0 bridgehead atoms. The third-order valence-corrected chi connectivity index (χ3v) is 4.59. The Bertz CT molecular complexity index is 495. The molecule has 0 spiro atoms. The molecule has 0 saturated carbocycles. The molecule has 0 aliphatic carbocycles. The molecule has 2 nitrogen and oxygen atoms in total. The molecule has 2 N–H and O–H groups in total. The highest BCUT2D eigenvalue weighted by molar-refractivity contribution is 9.10. The van der Waals surface area contributed by atoms with E-state index >= 15 is 0 Å². The van der Waals surface area contributed by atoms with Crippen molar-refractivity contribution >= 4 is 27.3 Å². The lowest BCUT2D eigenvalue weighted by Crippen LogP contribution is -2.10. The van der Waals surface area contributed by atoms with Gasteiger partial charge in [-0.25, -0.2) is 0 Å². The first-order valence-electron chi connectivity index (χ1n) is 5.93. The Kier molecular flexibility index (Phi) is 4.80. The van der Waals surface area contributed by atoms with Crippen LogP contribution >= 0.6 is 27.3 Å². The summed E-state index contributed by atoms with van der Waals surface area (Å²) < 4.78 is 6.63. The molecular formula is C14H16BrNOS. The highest BCUT2D eigenvalue weighted by Crippen LogP contribution is 2.32. The van der Waals surface area contributed by atoms with Crippen LogP contribution in [0.15, 0.2) is 40.2 Å². The third-order valence-electron chi connectivity index (χ3n) is 2.64. The fourth-order valence-electron chi connectivity index (χ4n) is 1.67. The Balaban J connectivity index is 2.12. The summed E-state index contributed by atoms with van der Waals surface area (Å²) in [4.78, 5) is 1.15. The highest BCUT2D eigenvalue weighted by Gasteiger charge is 2.13. The second-order valence-corrected chi connectivity index (χ2v) is 5.83. The Morgan fingerprint density at radius 1 is 1.28 bits per heavy atom. The Morgan fingerprint density at radius 2 is 2.00 bits per heavy atom. The number of thiophene rings is 1. The zero-order chi connectivity index (χ0) is 13.0. The van der Waals surface area contributed by atoms with Crippen molar-refractivity contribution in [2.75, 3.05) is 6.61 Å². The lowest BCUT2D eigenvalue weighted by molar-refractivity contribution is 0.317. The number of benzene rings is 1. The van der Waals surface area contributed by atoms with E-state index in [1.54, 1.807) is 11.3 Å². The first-order chi connectivity index (χ1) is 8.72. The maximum atomic E-state index is 6.25. The molecule has 0 amide bonds. The van der Waals surface area contributed by atoms with Gasteiger partial charge in [0.2, 0.25) is 0 Å². The van der Waals surface area contributed by atoms with Crippen LogP contribution in [0.2, 0.25) is 0 Å². The maximum Gasteiger partial charge on any atom is 0.119 e. The van der Waals surface area contributed by atoms with Gasteiger partial charge in [-0.2, -0.15) is 0 Å². The van der Waals surface area contributed by atoms with Gasteiger partial charge in [0, 0.05) is 9.35 Å². The summed E-state index contributed by atoms with van der Waals surface area (Å²) in [6.07, 6.45) is 1.02. The van der Waals surface area contributed by atoms with Gasteiger partial charge in [0.15, 0.2) is 0 Å². The minimum atomic E-state index is -0.0837. The number of halogens is 1. The average molecular weight is 326 g/mol. The predicted molar refractivity (Wildman–Crippen MR) is 80.3 cm³/mol. The number of nitrogens with two attached hydrogens (primary N) is 1. The smallest absolute Gasteiger partial charge is 0.119 e. The molecule has 2 aromatic rings. The van der Waals surface area contributed by atoms with Gasteiger partial charge in [0.1, 0.15) is 5.75 Å². The summed E-state index contributed by atoms with van der Waals surface area (Å²) in [5.41, 5.74) is 7.35. The van der Waals surface area contributed by atoms with E-state index in [-0.39, 0.29) is 6.04 Å². The Labute approximate surface area is 120 Å². The lowest BCUT2D eigenvalue weighted by atomic mass is 10.1. The standard InChI is InChI=1S/C14H16BrNOS/c1-2-8-17-11-5-3-10(4-6-11)13(16)14-12(15)7-9-18-14/h3-7,9,13H,2,8,16H2,1H3. The maximum absolute atomic E-state index is 6.25. The minimum Gasteiger partial charge on any atom is -0.494 e. The van der Waals surface area contributed by atoms with Crippen molar-refractivity contribution in [3.05, 3.63) is 50.6 Å². The fraction of sp³-hybridized carbons (Fsp3) is 0.286. The fourth-order valence-corrected chi connectivity index (χ4v) is 3.32. The Hall–Kier alpha value is -0.840. The van der Waals surface area contributed by atoms with Gasteiger partial charge >= 0.3 is 0 Å². The summed E-state index contributed by atoms with van der Waals surface area (Å²) in [6.45, 7) is 2.85. The molecule has 1 unspecified atom stereocenters. The van der Waals surface area contributed by atoms with Crippen LogP contribution in [0.3, 0.4) is 0 Å². The molecule has 96 valence electrons. The van der Waals surface area contributed by atoms with E-state index in [0.717, 1.165) is 33.7 Å². The number of hydrogen-bond acceptors (Lipinski definition) is 3. The van der Waals surface area contributed by atoms with Crippen LogP contribution in [0.25, 0.3) is 0 Å². The van der Waals surface area contributed by atoms with Crippen molar-refractivity contribution in [3.63, 3.8) is 0 Å². The lowest BCUT2D eigenvalue weighted by Gasteiger charge is -2.12. The van der Waals surface area contributed by atoms with Crippen molar-refractivity contribution in [2.45, 2.75) is 19.4 Å². The van der Waals surface area contributed by atoms with Gasteiger partial charge in [0.05, 0.1) is 12.6 Å². The van der Waals surface area contributed by atoms with E-state index in [0.29, 0.717) is 0 Å². The largest absolute Gasteiger partial charge is 0.494 e. The van der Waals surface area contributed by atoms with Crippen LogP contribution in [0.4, 0.5) is 0 Å². The van der Waals surface area contributed by atoms with Gasteiger partial charge < -0.3 is 10.5 Å². The van der Waals surface area contributed by atoms with E-state index in [2.05, 4.69) is 22.9 Å². The van der Waals surface area contributed by atoms with E-state index < -0.39 is 0 Å². The predicted octanol–water partition coefficient (Wildman–Crippen LogP) is 4.35. The molecular weight excluding hydrogens is 310 g/mol. The molecule has 1 atom stereocenters. The van der Waals surface area contributed by atoms with Gasteiger partial charge in [-0.05, 0) is 51.5 Å². The van der Waals surface area contributed by atoms with Gasteiger partial charge in [0.25, 0.3) is 0 Å². The molecule has 18 heavy (non-hydrogen) atoms. The second-order valence-electron chi connectivity index (χ2n) is 4.03. The van der Waals surface area contributed by atoms with Crippen LogP contribution in [-0.2, 0) is 0 Å². The SMILES string of the molecule is CCCOc1ccc(C(N)c2sccc2Br)cc1. The Morgan fingerprint density at radius 3 is 2.56 bits per heavy atom. The summed E-state index contributed by atoms with van der Waals surface area (Å²) in [5.74, 6) is 0.901. The molecule has 1 aromatic carbocycles. The zero-order valence-electron chi connectivity index (χ0n) is 10.2. The van der Waals surface area contributed by atoms with Crippen LogP contribution in [0.5, 0.6) is 5.75 Å². The molecule has 2 rings (SSSR count). The number of rotatable bonds is 5. The quantitative estimate of drug-likeness (QED) is 0.887. The average Bonchev–Trinajstić information content (AvgIpc) is 2.82. The second kappa shape index (κ2) is 6.36. The molecule has 1 aromatic heterocycles. The van der Waals surface area contributed by atoms with Crippen LogP contribution in [0.1, 0.15) is 29.8 Å². The summed E-state index contributed by atoms with van der Waals surface area (Å²) in [6, 6.07) is 9.96. The zero-order valence-corrected chi connectivity index (χ0v) is 12.6. The van der Waals surface area contributed by atoms with Crippen LogP contribution in [-0.4, -0.2) is 6.61 Å². The summed E-state index contributed by atoms with van der Waals surface area (Å²) in [7, 11) is 0. The van der Waals surface area contributed by atoms with Crippen molar-refractivity contribution < 1.29 is 4.74 Å². The molecule has 0 aliphatic rings. The van der Waals surface area contributed by atoms with Gasteiger partial charge in [-0.15, -0.1) is 11.3 Å². The van der Waals surface area contributed by atoms with E-state index in [4.69, 9.17) is 10.5 Å². The molecule has 4 heteroatoms. The monoisotopic (exact) mass is 325 g/mol. The van der Waals surface area contributed by atoms with Crippen molar-refractivity contribution in [2.24, 2.45) is 5.73 Å². The van der Waals surface area contributed by atoms with Crippen LogP contribution in [0, 0.1) is 0 Å². The van der Waals surface area contributed by atoms with E-state index in [9.17, 15) is 0 Å². The molecule has 1 heterocycles. The van der Waals surface area contributed by atoms with Gasteiger partial charge in [-0.1, -0.05) is 19.1 Å². The topological polar surface area (TPSA) is 35.2 Å². The van der Waals surface area contributed by atoms with Crippen LogP contribution < -0.4 is 10.5 Å². The highest BCUT2D eigenvalue weighted by atomic mass is 79.9. The van der Waals surface area contributed by atoms with Crippen molar-refractivity contribution in [3.8, 4) is 5.75 Å². The van der Waals surface area contributed by atoms with E-state index in [1.807, 2.05) is 35.7 Å². The molecule has 0 saturated heterocycles. The summed E-state index contributed by atoms with van der Waals surface area (Å²) in [5, 5.41) is 2.04. The summed E-state index contributed by atoms with van der Waals surface area (Å²) >= 11 is 5.19. The van der Waals surface area contributed by atoms with Crippen molar-refractivity contribution in [1.29, 1.82) is 0 Å². The number of ether oxygens (including phenoxy) is 1. The van der Waals surface area contributed by atoms with E-state index in [1.165, 1.54) is 0 Å². The van der Waals surface area contributed by atoms with Gasteiger partial charge in [-0.3, -0.25) is 0 Å². The minimum absolute atomic E-state index is 0.0837. The third kappa shape index (κ3) is 3.13. The first kappa shape index (κ1) is 13.6. The molecule has 0 aliphatic heterocycles. The molecule has 0 fully saturated rings. The number of hydrogen-bond donors (Lipinski definition) is 1. The van der Waals surface area contributed by atoms with Crippen molar-refractivity contribution in [1.82, 2.24) is 0 Å².